The van der Waals surface area contributed by atoms with Crippen LogP contribution in [0, 0.1) is 0 Å². The summed E-state index contributed by atoms with van der Waals surface area (Å²) in [6, 6.07) is 6.49. The molecule has 0 bridgehead atoms. The lowest BCUT2D eigenvalue weighted by molar-refractivity contribution is -0.0412. The standard InChI is InChI=1S/C16H23NO2/c1-16(2)11-19-15(9-17-16)10-18-14-7-6-12-4-3-5-13(12)8-14/h6-8,15,17H,3-5,9-11H2,1-2H3. The molecule has 1 heterocycles. The fraction of sp³-hybridized carbons (Fsp3) is 0.625. The average molecular weight is 261 g/mol. The maximum atomic E-state index is 5.87. The first-order valence-corrected chi connectivity index (χ1v) is 7.24. The molecule has 1 N–H and O–H groups in total. The van der Waals surface area contributed by atoms with E-state index in [1.807, 2.05) is 0 Å². The van der Waals surface area contributed by atoms with E-state index in [0.717, 1.165) is 18.9 Å². The molecule has 1 aliphatic carbocycles. The van der Waals surface area contributed by atoms with E-state index >= 15 is 0 Å². The maximum absolute atomic E-state index is 5.87. The third kappa shape index (κ3) is 3.10. The Morgan fingerprint density at radius 1 is 1.32 bits per heavy atom. The van der Waals surface area contributed by atoms with Crippen LogP contribution in [-0.2, 0) is 17.6 Å². The third-order valence-electron chi connectivity index (χ3n) is 3.99. The Bertz CT molecular complexity index is 446. The first kappa shape index (κ1) is 12.9. The summed E-state index contributed by atoms with van der Waals surface area (Å²) in [5.74, 6) is 0.981. The van der Waals surface area contributed by atoms with E-state index in [-0.39, 0.29) is 11.6 Å². The van der Waals surface area contributed by atoms with Gasteiger partial charge in [0.05, 0.1) is 6.61 Å². The van der Waals surface area contributed by atoms with Crippen LogP contribution in [0.25, 0.3) is 0 Å². The molecule has 1 aliphatic heterocycles. The number of morpholine rings is 1. The smallest absolute Gasteiger partial charge is 0.119 e. The highest BCUT2D eigenvalue weighted by Crippen LogP contribution is 2.26. The van der Waals surface area contributed by atoms with E-state index in [2.05, 4.69) is 37.4 Å². The second kappa shape index (κ2) is 5.14. The zero-order valence-corrected chi connectivity index (χ0v) is 11.9. The fourth-order valence-electron chi connectivity index (χ4n) is 2.76. The quantitative estimate of drug-likeness (QED) is 0.906. The maximum Gasteiger partial charge on any atom is 0.119 e. The van der Waals surface area contributed by atoms with Gasteiger partial charge in [-0.15, -0.1) is 0 Å². The molecule has 3 heteroatoms. The van der Waals surface area contributed by atoms with Crippen molar-refractivity contribution in [1.29, 1.82) is 0 Å². The number of aryl methyl sites for hydroxylation is 2. The fourth-order valence-corrected chi connectivity index (χ4v) is 2.76. The molecule has 1 aromatic rings. The highest BCUT2D eigenvalue weighted by Gasteiger charge is 2.27. The zero-order valence-electron chi connectivity index (χ0n) is 11.9. The van der Waals surface area contributed by atoms with Gasteiger partial charge >= 0.3 is 0 Å². The Labute approximate surface area is 115 Å². The van der Waals surface area contributed by atoms with E-state index in [1.54, 1.807) is 0 Å². The molecular formula is C16H23NO2. The van der Waals surface area contributed by atoms with Gasteiger partial charge in [-0.2, -0.15) is 0 Å². The van der Waals surface area contributed by atoms with E-state index < -0.39 is 0 Å². The van der Waals surface area contributed by atoms with Crippen molar-refractivity contribution < 1.29 is 9.47 Å². The monoisotopic (exact) mass is 261 g/mol. The minimum absolute atomic E-state index is 0.0874. The van der Waals surface area contributed by atoms with Gasteiger partial charge in [0.25, 0.3) is 0 Å². The Kier molecular flexibility index (Phi) is 3.50. The summed E-state index contributed by atoms with van der Waals surface area (Å²) in [5, 5.41) is 3.48. The van der Waals surface area contributed by atoms with Crippen molar-refractivity contribution in [3.63, 3.8) is 0 Å². The Hall–Kier alpha value is -1.06. The molecule has 1 saturated heterocycles. The van der Waals surface area contributed by atoms with Crippen molar-refractivity contribution in [3.05, 3.63) is 29.3 Å². The number of fused-ring (bicyclic) bond motifs is 1. The summed E-state index contributed by atoms with van der Waals surface area (Å²) in [6.07, 6.45) is 3.85. The van der Waals surface area contributed by atoms with Crippen LogP contribution >= 0.6 is 0 Å². The Balaban J connectivity index is 1.53. The lowest BCUT2D eigenvalue weighted by Crippen LogP contribution is -2.54. The van der Waals surface area contributed by atoms with E-state index in [0.29, 0.717) is 6.61 Å². The number of hydrogen-bond donors (Lipinski definition) is 1. The van der Waals surface area contributed by atoms with Gasteiger partial charge in [0.2, 0.25) is 0 Å². The number of ether oxygens (including phenoxy) is 2. The van der Waals surface area contributed by atoms with Crippen molar-refractivity contribution in [2.45, 2.75) is 44.8 Å². The van der Waals surface area contributed by atoms with Gasteiger partial charge in [-0.1, -0.05) is 6.07 Å². The first-order chi connectivity index (χ1) is 9.12. The number of nitrogens with one attached hydrogen (secondary N) is 1. The topological polar surface area (TPSA) is 30.5 Å². The van der Waals surface area contributed by atoms with Gasteiger partial charge in [-0.05, 0) is 56.4 Å². The van der Waals surface area contributed by atoms with Crippen molar-refractivity contribution in [3.8, 4) is 5.75 Å². The molecule has 1 fully saturated rings. The van der Waals surface area contributed by atoms with Crippen LogP contribution in [0.3, 0.4) is 0 Å². The van der Waals surface area contributed by atoms with Crippen molar-refractivity contribution >= 4 is 0 Å². The zero-order chi connectivity index (χ0) is 13.3. The normalized spacial score (nSPS) is 25.1. The summed E-state index contributed by atoms with van der Waals surface area (Å²) < 4.78 is 11.7. The molecule has 0 spiro atoms. The molecule has 3 nitrogen and oxygen atoms in total. The van der Waals surface area contributed by atoms with Crippen LogP contribution in [0.2, 0.25) is 0 Å². The second-order valence-electron chi connectivity index (χ2n) is 6.29. The van der Waals surface area contributed by atoms with E-state index in [9.17, 15) is 0 Å². The summed E-state index contributed by atoms with van der Waals surface area (Å²) in [5.41, 5.74) is 3.04. The van der Waals surface area contributed by atoms with Crippen LogP contribution in [0.15, 0.2) is 18.2 Å². The third-order valence-corrected chi connectivity index (χ3v) is 3.99. The SMILES string of the molecule is CC1(C)COC(COc2ccc3c(c2)CCC3)CN1. The summed E-state index contributed by atoms with van der Waals surface area (Å²) in [4.78, 5) is 0. The van der Waals surface area contributed by atoms with Crippen LogP contribution in [0.5, 0.6) is 5.75 Å². The number of hydrogen-bond acceptors (Lipinski definition) is 3. The van der Waals surface area contributed by atoms with Gasteiger partial charge < -0.3 is 14.8 Å². The molecule has 2 aliphatic rings. The molecule has 1 atom stereocenters. The lowest BCUT2D eigenvalue weighted by atomic mass is 10.1. The van der Waals surface area contributed by atoms with E-state index in [4.69, 9.17) is 9.47 Å². The van der Waals surface area contributed by atoms with Crippen molar-refractivity contribution in [2.75, 3.05) is 19.8 Å². The minimum atomic E-state index is 0.0874. The van der Waals surface area contributed by atoms with Crippen molar-refractivity contribution in [1.82, 2.24) is 5.32 Å². The highest BCUT2D eigenvalue weighted by molar-refractivity contribution is 5.38. The predicted octanol–water partition coefficient (Wildman–Crippen LogP) is 2.32. The molecule has 0 aromatic heterocycles. The lowest BCUT2D eigenvalue weighted by Gasteiger charge is -2.35. The van der Waals surface area contributed by atoms with Crippen LogP contribution in [0.1, 0.15) is 31.4 Å². The second-order valence-corrected chi connectivity index (χ2v) is 6.29. The predicted molar refractivity (Wildman–Crippen MR) is 75.8 cm³/mol. The average Bonchev–Trinajstić information content (AvgIpc) is 2.85. The Morgan fingerprint density at radius 2 is 2.16 bits per heavy atom. The largest absolute Gasteiger partial charge is 0.491 e. The molecule has 104 valence electrons. The molecule has 1 aromatic carbocycles. The molecule has 0 saturated carbocycles. The van der Waals surface area contributed by atoms with Gasteiger partial charge in [-0.25, -0.2) is 0 Å². The molecule has 0 amide bonds. The van der Waals surface area contributed by atoms with Crippen LogP contribution in [-0.4, -0.2) is 31.4 Å². The van der Waals surface area contributed by atoms with Gasteiger partial charge in [0.15, 0.2) is 0 Å². The van der Waals surface area contributed by atoms with Gasteiger partial charge in [0, 0.05) is 12.1 Å². The summed E-state index contributed by atoms with van der Waals surface area (Å²) >= 11 is 0. The van der Waals surface area contributed by atoms with Gasteiger partial charge in [-0.3, -0.25) is 0 Å². The molecule has 1 unspecified atom stereocenters. The van der Waals surface area contributed by atoms with Gasteiger partial charge in [0.1, 0.15) is 18.5 Å². The van der Waals surface area contributed by atoms with E-state index in [1.165, 1.54) is 30.4 Å². The molecular weight excluding hydrogens is 238 g/mol. The summed E-state index contributed by atoms with van der Waals surface area (Å²) in [7, 11) is 0. The highest BCUT2D eigenvalue weighted by atomic mass is 16.5. The number of benzene rings is 1. The van der Waals surface area contributed by atoms with Crippen LogP contribution < -0.4 is 10.1 Å². The molecule has 3 rings (SSSR count). The van der Waals surface area contributed by atoms with Crippen LogP contribution in [0.4, 0.5) is 0 Å². The first-order valence-electron chi connectivity index (χ1n) is 7.24. The Morgan fingerprint density at radius 3 is 2.95 bits per heavy atom. The molecule has 0 radical (unpaired) electrons. The van der Waals surface area contributed by atoms with Crippen molar-refractivity contribution in [2.24, 2.45) is 0 Å². The summed E-state index contributed by atoms with van der Waals surface area (Å²) in [6.45, 7) is 6.54. The minimum Gasteiger partial charge on any atom is -0.491 e. The molecule has 19 heavy (non-hydrogen) atoms. The number of rotatable bonds is 3.